The molecule has 0 atom stereocenters. The fourth-order valence-electron chi connectivity index (χ4n) is 1.13. The van der Waals surface area contributed by atoms with Gasteiger partial charge in [-0.3, -0.25) is 0 Å². The smallest absolute Gasteiger partial charge is 0.145 e. The predicted molar refractivity (Wildman–Crippen MR) is 60.1 cm³/mol. The Bertz CT molecular complexity index is 702. The average molecular weight is 252 g/mol. The summed E-state index contributed by atoms with van der Waals surface area (Å²) in [6.07, 6.45) is 0. The van der Waals surface area contributed by atoms with Gasteiger partial charge in [0.15, 0.2) is 0 Å². The van der Waals surface area contributed by atoms with E-state index < -0.39 is 17.3 Å². The highest BCUT2D eigenvalue weighted by Crippen LogP contribution is 2.36. The summed E-state index contributed by atoms with van der Waals surface area (Å²) >= 11 is 0. The van der Waals surface area contributed by atoms with E-state index >= 15 is 0 Å². The topological polar surface area (TPSA) is 207 Å². The summed E-state index contributed by atoms with van der Waals surface area (Å²) in [4.78, 5) is 10.9. The molecular formula is C7N12. The molecule has 1 rings (SSSR count). The van der Waals surface area contributed by atoms with Crippen LogP contribution in [0, 0.1) is 22.7 Å². The summed E-state index contributed by atoms with van der Waals surface area (Å²) < 4.78 is 0. The van der Waals surface area contributed by atoms with Crippen LogP contribution in [0.2, 0.25) is 0 Å². The first-order valence-corrected chi connectivity index (χ1v) is 4.27. The lowest BCUT2D eigenvalue weighted by Gasteiger charge is -2.04. The molecule has 0 aliphatic rings. The molecule has 0 amide bonds. The normalized spacial score (nSPS) is 7.89. The lowest BCUT2D eigenvalue weighted by Crippen LogP contribution is -1.89. The van der Waals surface area contributed by atoms with Gasteiger partial charge in [-0.25, -0.2) is 4.98 Å². The molecule has 0 spiro atoms. The molecule has 0 aromatic carbocycles. The van der Waals surface area contributed by atoms with Gasteiger partial charge in [0.2, 0.25) is 0 Å². The van der Waals surface area contributed by atoms with Crippen molar-refractivity contribution in [2.24, 2.45) is 15.3 Å². The molecule has 0 unspecified atom stereocenters. The first-order valence-electron chi connectivity index (χ1n) is 4.27. The number of rotatable bonds is 3. The van der Waals surface area contributed by atoms with E-state index in [1.807, 2.05) is 0 Å². The van der Waals surface area contributed by atoms with Crippen LogP contribution in [0.1, 0.15) is 11.1 Å². The van der Waals surface area contributed by atoms with E-state index in [1.54, 1.807) is 12.1 Å². The van der Waals surface area contributed by atoms with E-state index in [0.717, 1.165) is 0 Å². The Kier molecular flexibility index (Phi) is 4.12. The van der Waals surface area contributed by atoms with Gasteiger partial charge in [0, 0.05) is 14.7 Å². The molecule has 0 radical (unpaired) electrons. The maximum atomic E-state index is 8.92. The Labute approximate surface area is 104 Å². The van der Waals surface area contributed by atoms with Gasteiger partial charge in [-0.15, -0.1) is 0 Å². The van der Waals surface area contributed by atoms with E-state index in [2.05, 4.69) is 35.1 Å². The van der Waals surface area contributed by atoms with E-state index in [9.17, 15) is 0 Å². The zero-order valence-electron chi connectivity index (χ0n) is 8.87. The number of hydrogen-bond acceptors (Lipinski definition) is 6. The number of pyridine rings is 1. The van der Waals surface area contributed by atoms with Crippen LogP contribution >= 0.6 is 0 Å². The molecule has 1 aromatic heterocycles. The van der Waals surface area contributed by atoms with Gasteiger partial charge in [-0.05, 0) is 26.8 Å². The van der Waals surface area contributed by atoms with Crippen LogP contribution in [-0.2, 0) is 0 Å². The van der Waals surface area contributed by atoms with Crippen LogP contribution in [0.25, 0.3) is 31.3 Å². The molecule has 0 fully saturated rings. The zero-order valence-corrected chi connectivity index (χ0v) is 8.87. The van der Waals surface area contributed by atoms with E-state index in [0.29, 0.717) is 0 Å². The number of aromatic nitrogens is 1. The van der Waals surface area contributed by atoms with Crippen molar-refractivity contribution in [3.63, 3.8) is 0 Å². The number of hydrogen-bond donors (Lipinski definition) is 0. The van der Waals surface area contributed by atoms with Gasteiger partial charge < -0.3 is 0 Å². The van der Waals surface area contributed by atoms with Crippen LogP contribution in [0.4, 0.5) is 17.3 Å². The number of azide groups is 3. The molecule has 0 bridgehead atoms. The fourth-order valence-corrected chi connectivity index (χ4v) is 1.13. The second-order valence-corrected chi connectivity index (χ2v) is 2.65. The van der Waals surface area contributed by atoms with Crippen molar-refractivity contribution in [2.75, 3.05) is 0 Å². The molecule has 0 saturated carbocycles. The quantitative estimate of drug-likeness (QED) is 0.448. The summed E-state index contributed by atoms with van der Waals surface area (Å²) in [5, 5.41) is 27.2. The van der Waals surface area contributed by atoms with Crippen LogP contribution in [0.15, 0.2) is 15.3 Å². The molecule has 0 N–H and O–H groups in total. The second kappa shape index (κ2) is 5.96. The molecule has 0 aliphatic carbocycles. The van der Waals surface area contributed by atoms with Gasteiger partial charge in [0.25, 0.3) is 0 Å². The Morgan fingerprint density at radius 1 is 0.842 bits per heavy atom. The van der Waals surface area contributed by atoms with Crippen LogP contribution in [-0.4, -0.2) is 4.98 Å². The first kappa shape index (κ1) is 13.1. The Morgan fingerprint density at radius 3 is 1.58 bits per heavy atom. The molecular weight excluding hydrogens is 252 g/mol. The van der Waals surface area contributed by atoms with Crippen LogP contribution in [0.5, 0.6) is 0 Å². The predicted octanol–water partition coefficient (Wildman–Crippen LogP) is 3.65. The van der Waals surface area contributed by atoms with E-state index in [1.165, 1.54) is 0 Å². The minimum Gasteiger partial charge on any atom is -0.242 e. The van der Waals surface area contributed by atoms with E-state index in [-0.39, 0.29) is 11.1 Å². The van der Waals surface area contributed by atoms with Crippen molar-refractivity contribution in [1.29, 1.82) is 10.5 Å². The second-order valence-electron chi connectivity index (χ2n) is 2.65. The lowest BCUT2D eigenvalue weighted by atomic mass is 10.1. The third kappa shape index (κ3) is 2.42. The van der Waals surface area contributed by atoms with E-state index in [4.69, 9.17) is 27.1 Å². The minimum atomic E-state index is -0.450. The summed E-state index contributed by atoms with van der Waals surface area (Å²) in [7, 11) is 0. The third-order valence-corrected chi connectivity index (χ3v) is 1.78. The zero-order chi connectivity index (χ0) is 14.3. The van der Waals surface area contributed by atoms with Gasteiger partial charge in [0.1, 0.15) is 23.8 Å². The molecule has 88 valence electrons. The molecule has 1 aromatic rings. The maximum Gasteiger partial charge on any atom is 0.145 e. The Balaban J connectivity index is 3.99. The van der Waals surface area contributed by atoms with Gasteiger partial charge in [-0.1, -0.05) is 5.11 Å². The standard InChI is InChI=1S/C7N12/c8-1-3-5(14-17-10)4(2-9)7(16-19-12)13-6(3)15-18-11. The van der Waals surface area contributed by atoms with Crippen molar-refractivity contribution in [2.45, 2.75) is 0 Å². The number of nitrogens with zero attached hydrogens (tertiary/aromatic N) is 12. The lowest BCUT2D eigenvalue weighted by molar-refractivity contribution is 1.18. The van der Waals surface area contributed by atoms with Crippen LogP contribution < -0.4 is 0 Å². The Morgan fingerprint density at radius 2 is 1.26 bits per heavy atom. The minimum absolute atomic E-state index is 0.385. The highest BCUT2D eigenvalue weighted by molar-refractivity contribution is 5.75. The van der Waals surface area contributed by atoms with Gasteiger partial charge in [-0.2, -0.15) is 10.5 Å². The molecule has 12 nitrogen and oxygen atoms in total. The van der Waals surface area contributed by atoms with Crippen molar-refractivity contribution in [1.82, 2.24) is 4.98 Å². The largest absolute Gasteiger partial charge is 0.242 e. The summed E-state index contributed by atoms with van der Waals surface area (Å²) in [6.45, 7) is 0. The van der Waals surface area contributed by atoms with Crippen molar-refractivity contribution in [3.05, 3.63) is 42.5 Å². The van der Waals surface area contributed by atoms with Gasteiger partial charge >= 0.3 is 0 Å². The molecule has 0 aliphatic heterocycles. The highest BCUT2D eigenvalue weighted by atomic mass is 15.2. The summed E-state index contributed by atoms with van der Waals surface area (Å²) in [6, 6.07) is 3.20. The molecule has 19 heavy (non-hydrogen) atoms. The van der Waals surface area contributed by atoms with Crippen molar-refractivity contribution in [3.8, 4) is 12.1 Å². The summed E-state index contributed by atoms with van der Waals surface area (Å²) in [5.41, 5.74) is 23.9. The van der Waals surface area contributed by atoms with Crippen LogP contribution in [0.3, 0.4) is 0 Å². The molecule has 12 heteroatoms. The van der Waals surface area contributed by atoms with Crippen molar-refractivity contribution >= 4 is 17.3 Å². The fraction of sp³-hybridized carbons (Fsp3) is 0. The highest BCUT2D eigenvalue weighted by Gasteiger charge is 2.17. The molecule has 1 heterocycles. The third-order valence-electron chi connectivity index (χ3n) is 1.78. The maximum absolute atomic E-state index is 8.92. The average Bonchev–Trinajstić information content (AvgIpc) is 2.40. The molecule has 0 saturated heterocycles. The van der Waals surface area contributed by atoms with Gasteiger partial charge in [0.05, 0.1) is 16.8 Å². The number of nitriles is 2. The Hall–Kier alpha value is -3.94. The monoisotopic (exact) mass is 252 g/mol. The van der Waals surface area contributed by atoms with Crippen molar-refractivity contribution < 1.29 is 0 Å². The summed E-state index contributed by atoms with van der Waals surface area (Å²) in [5.74, 6) is -0.900. The SMILES string of the molecule is N#Cc1c(N=[N+]=[N-])nc(N=[N+]=[N-])c(C#N)c1N=[N+]=[N-]. The first-order chi connectivity index (χ1) is 9.23.